The number of aromatic nitrogens is 2. The van der Waals surface area contributed by atoms with Gasteiger partial charge in [0.1, 0.15) is 11.5 Å². The summed E-state index contributed by atoms with van der Waals surface area (Å²) in [6.07, 6.45) is 1.03. The molecule has 5 rings (SSSR count). The van der Waals surface area contributed by atoms with Crippen LogP contribution in [0.1, 0.15) is 23.8 Å². The first-order valence-electron chi connectivity index (χ1n) is 9.90. The van der Waals surface area contributed by atoms with Gasteiger partial charge in [0.2, 0.25) is 18.5 Å². The van der Waals surface area contributed by atoms with Crippen LogP contribution >= 0.6 is 0 Å². The Bertz CT molecular complexity index is 1050. The van der Waals surface area contributed by atoms with Crippen molar-refractivity contribution in [3.8, 4) is 34.4 Å². The van der Waals surface area contributed by atoms with Crippen molar-refractivity contribution in [3.63, 3.8) is 0 Å². The first-order chi connectivity index (χ1) is 14.7. The van der Waals surface area contributed by atoms with Crippen molar-refractivity contribution in [2.75, 3.05) is 34.1 Å². The number of hydrogen-bond acceptors (Lipinski definition) is 8. The van der Waals surface area contributed by atoms with Crippen LogP contribution in [0.3, 0.4) is 0 Å². The minimum atomic E-state index is 0.241. The maximum absolute atomic E-state index is 5.56. The highest BCUT2D eigenvalue weighted by Crippen LogP contribution is 2.37. The Morgan fingerprint density at radius 3 is 2.83 bits per heavy atom. The van der Waals surface area contributed by atoms with Gasteiger partial charge in [0.15, 0.2) is 11.5 Å². The van der Waals surface area contributed by atoms with E-state index < -0.39 is 0 Å². The fourth-order valence-corrected chi connectivity index (χ4v) is 4.05. The van der Waals surface area contributed by atoms with Gasteiger partial charge < -0.3 is 23.5 Å². The molecule has 1 aromatic heterocycles. The van der Waals surface area contributed by atoms with Gasteiger partial charge in [0, 0.05) is 23.6 Å². The van der Waals surface area contributed by atoms with E-state index >= 15 is 0 Å². The molecule has 3 heterocycles. The van der Waals surface area contributed by atoms with E-state index in [0.29, 0.717) is 29.9 Å². The Hall–Kier alpha value is -3.26. The van der Waals surface area contributed by atoms with Crippen LogP contribution in [0.5, 0.6) is 23.0 Å². The SMILES string of the molecule is COc1ccc(OC)c(C2CCN(Cc3nc(-c4ccc5c(c4)OCO5)no3)C2)c1. The monoisotopic (exact) mass is 409 g/mol. The topological polar surface area (TPSA) is 79.1 Å². The van der Waals surface area contributed by atoms with Crippen molar-refractivity contribution in [2.45, 2.75) is 18.9 Å². The fraction of sp³-hybridized carbons (Fsp3) is 0.364. The fourth-order valence-electron chi connectivity index (χ4n) is 4.05. The van der Waals surface area contributed by atoms with Crippen LogP contribution in [0, 0.1) is 0 Å². The summed E-state index contributed by atoms with van der Waals surface area (Å²) in [7, 11) is 3.38. The third-order valence-electron chi connectivity index (χ3n) is 5.61. The highest BCUT2D eigenvalue weighted by molar-refractivity contribution is 5.61. The molecule has 0 spiro atoms. The lowest BCUT2D eigenvalue weighted by molar-refractivity contribution is 0.174. The average Bonchev–Trinajstić information content (AvgIpc) is 3.54. The van der Waals surface area contributed by atoms with Gasteiger partial charge in [-0.2, -0.15) is 4.98 Å². The first kappa shape index (κ1) is 18.7. The third-order valence-corrected chi connectivity index (χ3v) is 5.61. The van der Waals surface area contributed by atoms with Crippen LogP contribution in [0.4, 0.5) is 0 Å². The van der Waals surface area contributed by atoms with Crippen LogP contribution in [0.25, 0.3) is 11.4 Å². The van der Waals surface area contributed by atoms with Gasteiger partial charge in [-0.3, -0.25) is 4.90 Å². The van der Waals surface area contributed by atoms with Crippen molar-refractivity contribution in [1.29, 1.82) is 0 Å². The summed E-state index contributed by atoms with van der Waals surface area (Å²) in [6, 6.07) is 11.6. The number of nitrogens with zero attached hydrogens (tertiary/aromatic N) is 3. The van der Waals surface area contributed by atoms with Crippen LogP contribution in [0.2, 0.25) is 0 Å². The van der Waals surface area contributed by atoms with Gasteiger partial charge in [0.05, 0.1) is 20.8 Å². The van der Waals surface area contributed by atoms with Crippen LogP contribution < -0.4 is 18.9 Å². The van der Waals surface area contributed by atoms with Gasteiger partial charge in [0.25, 0.3) is 0 Å². The molecular weight excluding hydrogens is 386 g/mol. The summed E-state index contributed by atoms with van der Waals surface area (Å²) in [5.41, 5.74) is 2.01. The molecule has 2 aliphatic heterocycles. The maximum atomic E-state index is 5.56. The summed E-state index contributed by atoms with van der Waals surface area (Å²) in [5.74, 6) is 4.69. The van der Waals surface area contributed by atoms with Gasteiger partial charge in [-0.15, -0.1) is 0 Å². The Kier molecular flexibility index (Phi) is 4.92. The number of hydrogen-bond donors (Lipinski definition) is 0. The average molecular weight is 409 g/mol. The van der Waals surface area contributed by atoms with Gasteiger partial charge >= 0.3 is 0 Å². The molecule has 2 aliphatic rings. The predicted molar refractivity (Wildman–Crippen MR) is 108 cm³/mol. The van der Waals surface area contributed by atoms with Crippen molar-refractivity contribution < 1.29 is 23.5 Å². The van der Waals surface area contributed by atoms with Crippen molar-refractivity contribution in [3.05, 3.63) is 47.9 Å². The molecule has 2 aromatic carbocycles. The van der Waals surface area contributed by atoms with E-state index in [0.717, 1.165) is 42.3 Å². The standard InChI is InChI=1S/C22H23N3O5/c1-26-16-4-6-18(27-2)17(10-16)15-7-8-25(11-15)12-21-23-22(24-30-21)14-3-5-19-20(9-14)29-13-28-19/h3-6,9-10,15H,7-8,11-13H2,1-2H3. The first-order valence-corrected chi connectivity index (χ1v) is 9.90. The molecular formula is C22H23N3O5. The summed E-state index contributed by atoms with van der Waals surface area (Å²) < 4.78 is 27.2. The van der Waals surface area contributed by atoms with Crippen molar-refractivity contribution in [2.24, 2.45) is 0 Å². The number of fused-ring (bicyclic) bond motifs is 1. The lowest BCUT2D eigenvalue weighted by atomic mass is 9.97. The molecule has 1 fully saturated rings. The molecule has 0 amide bonds. The van der Waals surface area contributed by atoms with Gasteiger partial charge in [-0.05, 0) is 49.4 Å². The smallest absolute Gasteiger partial charge is 0.241 e. The molecule has 30 heavy (non-hydrogen) atoms. The quantitative estimate of drug-likeness (QED) is 0.612. The third kappa shape index (κ3) is 3.54. The molecule has 1 unspecified atom stereocenters. The highest BCUT2D eigenvalue weighted by Gasteiger charge is 2.28. The van der Waals surface area contributed by atoms with E-state index in [1.165, 1.54) is 5.56 Å². The van der Waals surface area contributed by atoms with E-state index in [9.17, 15) is 0 Å². The normalized spacial score (nSPS) is 18.0. The zero-order valence-electron chi connectivity index (χ0n) is 17.0. The van der Waals surface area contributed by atoms with Crippen LogP contribution in [-0.2, 0) is 6.54 Å². The van der Waals surface area contributed by atoms with Crippen molar-refractivity contribution >= 4 is 0 Å². The minimum Gasteiger partial charge on any atom is -0.497 e. The lowest BCUT2D eigenvalue weighted by Gasteiger charge is -2.17. The van der Waals surface area contributed by atoms with E-state index in [2.05, 4.69) is 21.1 Å². The molecule has 0 N–H and O–H groups in total. The number of methoxy groups -OCH3 is 2. The Morgan fingerprint density at radius 1 is 1.07 bits per heavy atom. The lowest BCUT2D eigenvalue weighted by Crippen LogP contribution is -2.20. The largest absolute Gasteiger partial charge is 0.497 e. The van der Waals surface area contributed by atoms with E-state index in [1.54, 1.807) is 14.2 Å². The summed E-state index contributed by atoms with van der Waals surface area (Å²) in [4.78, 5) is 6.89. The van der Waals surface area contributed by atoms with Crippen LogP contribution in [-0.4, -0.2) is 49.1 Å². The molecule has 3 aromatic rings. The van der Waals surface area contributed by atoms with Gasteiger partial charge in [-0.1, -0.05) is 5.16 Å². The van der Waals surface area contributed by atoms with Gasteiger partial charge in [-0.25, -0.2) is 0 Å². The molecule has 1 saturated heterocycles. The zero-order valence-corrected chi connectivity index (χ0v) is 17.0. The number of likely N-dealkylation sites (tertiary alicyclic amines) is 1. The number of ether oxygens (including phenoxy) is 4. The zero-order chi connectivity index (χ0) is 20.5. The van der Waals surface area contributed by atoms with Crippen LogP contribution in [0.15, 0.2) is 40.9 Å². The molecule has 156 valence electrons. The molecule has 8 heteroatoms. The summed E-state index contributed by atoms with van der Waals surface area (Å²) >= 11 is 0. The second kappa shape index (κ2) is 7.87. The molecule has 1 atom stereocenters. The number of benzene rings is 2. The second-order valence-corrected chi connectivity index (χ2v) is 7.41. The van der Waals surface area contributed by atoms with E-state index in [4.69, 9.17) is 23.5 Å². The maximum Gasteiger partial charge on any atom is 0.241 e. The summed E-state index contributed by atoms with van der Waals surface area (Å²) in [5, 5.41) is 4.14. The number of rotatable bonds is 6. The molecule has 0 aliphatic carbocycles. The Morgan fingerprint density at radius 2 is 1.97 bits per heavy atom. The second-order valence-electron chi connectivity index (χ2n) is 7.41. The van der Waals surface area contributed by atoms with E-state index in [1.807, 2.05) is 30.3 Å². The molecule has 0 radical (unpaired) electrons. The Balaban J connectivity index is 1.27. The molecule has 8 nitrogen and oxygen atoms in total. The predicted octanol–water partition coefficient (Wildman–Crippen LogP) is 3.47. The molecule has 0 bridgehead atoms. The van der Waals surface area contributed by atoms with Crippen molar-refractivity contribution in [1.82, 2.24) is 15.0 Å². The highest BCUT2D eigenvalue weighted by atomic mass is 16.7. The minimum absolute atomic E-state index is 0.241. The summed E-state index contributed by atoms with van der Waals surface area (Å²) in [6.45, 7) is 2.70. The van der Waals surface area contributed by atoms with E-state index in [-0.39, 0.29) is 6.79 Å². The molecule has 0 saturated carbocycles. The Labute approximate surface area is 174 Å².